The molecule has 0 aliphatic rings. The van der Waals surface area contributed by atoms with Crippen LogP contribution in [0.2, 0.25) is 0 Å². The van der Waals surface area contributed by atoms with Crippen molar-refractivity contribution in [3.63, 3.8) is 0 Å². The number of nitrogens with one attached hydrogen (secondary N) is 2. The molecule has 0 aliphatic carbocycles. The molecule has 18 heavy (non-hydrogen) atoms. The van der Waals surface area contributed by atoms with Crippen LogP contribution in [0.3, 0.4) is 0 Å². The van der Waals surface area contributed by atoms with E-state index in [9.17, 15) is 9.59 Å². The molecule has 1 aromatic rings. The first-order valence-electron chi connectivity index (χ1n) is 5.65. The maximum absolute atomic E-state index is 11.8. The van der Waals surface area contributed by atoms with Gasteiger partial charge in [0.25, 0.3) is 5.91 Å². The third kappa shape index (κ3) is 4.18. The van der Waals surface area contributed by atoms with Crippen molar-refractivity contribution in [3.05, 3.63) is 29.8 Å². The number of hydrogen-bond donors (Lipinski definition) is 3. The number of benzene rings is 1. The van der Waals surface area contributed by atoms with Crippen LogP contribution in [0, 0.1) is 0 Å². The molecule has 5 nitrogen and oxygen atoms in total. The van der Waals surface area contributed by atoms with Crippen molar-refractivity contribution in [2.24, 2.45) is 0 Å². The van der Waals surface area contributed by atoms with E-state index in [2.05, 4.69) is 10.6 Å². The highest BCUT2D eigenvalue weighted by Gasteiger charge is 2.19. The van der Waals surface area contributed by atoms with E-state index in [1.807, 2.05) is 0 Å². The minimum atomic E-state index is -0.659. The Hall–Kier alpha value is -1.88. The molecule has 5 heteroatoms. The normalized spacial score (nSPS) is 10.9. The van der Waals surface area contributed by atoms with E-state index >= 15 is 0 Å². The van der Waals surface area contributed by atoms with Crippen molar-refractivity contribution in [1.29, 1.82) is 0 Å². The number of aliphatic hydroxyl groups excluding tert-OH is 1. The maximum Gasteiger partial charge on any atom is 0.251 e. The van der Waals surface area contributed by atoms with Crippen molar-refractivity contribution in [2.75, 3.05) is 11.9 Å². The molecule has 0 spiro atoms. The zero-order valence-corrected chi connectivity index (χ0v) is 10.8. The lowest BCUT2D eigenvalue weighted by Crippen LogP contribution is -2.46. The van der Waals surface area contributed by atoms with E-state index in [0.717, 1.165) is 0 Å². The topological polar surface area (TPSA) is 78.4 Å². The van der Waals surface area contributed by atoms with Crippen LogP contribution in [0.25, 0.3) is 0 Å². The third-order valence-corrected chi connectivity index (χ3v) is 2.31. The van der Waals surface area contributed by atoms with Crippen molar-refractivity contribution < 1.29 is 14.7 Å². The third-order valence-electron chi connectivity index (χ3n) is 2.31. The van der Waals surface area contributed by atoms with E-state index in [0.29, 0.717) is 11.3 Å². The molecule has 2 amide bonds. The second kappa shape index (κ2) is 5.64. The van der Waals surface area contributed by atoms with Gasteiger partial charge < -0.3 is 15.7 Å². The lowest BCUT2D eigenvalue weighted by atomic mass is 10.1. The monoisotopic (exact) mass is 250 g/mol. The van der Waals surface area contributed by atoms with E-state index < -0.39 is 5.54 Å². The molecule has 1 aromatic carbocycles. The molecule has 0 unspecified atom stereocenters. The minimum Gasteiger partial charge on any atom is -0.394 e. The second-order valence-corrected chi connectivity index (χ2v) is 4.75. The van der Waals surface area contributed by atoms with Crippen molar-refractivity contribution in [1.82, 2.24) is 5.32 Å². The summed E-state index contributed by atoms with van der Waals surface area (Å²) in [5.41, 5.74) is 0.457. The SMILES string of the molecule is CC(=O)Nc1ccc(C(=O)NC(C)(C)CO)cc1. The summed E-state index contributed by atoms with van der Waals surface area (Å²) >= 11 is 0. The van der Waals surface area contributed by atoms with Gasteiger partial charge in [0, 0.05) is 18.2 Å². The number of amides is 2. The molecule has 0 saturated carbocycles. The van der Waals surface area contributed by atoms with Crippen LogP contribution in [0.1, 0.15) is 31.1 Å². The molecule has 0 radical (unpaired) electrons. The first-order valence-corrected chi connectivity index (χ1v) is 5.65. The van der Waals surface area contributed by atoms with E-state index in [1.165, 1.54) is 6.92 Å². The molecule has 0 aromatic heterocycles. The standard InChI is InChI=1S/C13H18N2O3/c1-9(17)14-11-6-4-10(5-7-11)12(18)15-13(2,3)8-16/h4-7,16H,8H2,1-3H3,(H,14,17)(H,15,18). The predicted molar refractivity (Wildman–Crippen MR) is 69.4 cm³/mol. The first kappa shape index (κ1) is 14.2. The average molecular weight is 250 g/mol. The molecule has 1 rings (SSSR count). The van der Waals surface area contributed by atoms with Gasteiger partial charge in [0.15, 0.2) is 0 Å². The van der Waals surface area contributed by atoms with Gasteiger partial charge in [0.1, 0.15) is 0 Å². The summed E-state index contributed by atoms with van der Waals surface area (Å²) in [6.07, 6.45) is 0. The van der Waals surface area contributed by atoms with E-state index in [-0.39, 0.29) is 18.4 Å². The lowest BCUT2D eigenvalue weighted by molar-refractivity contribution is -0.114. The molecule has 0 bridgehead atoms. The number of carbonyl (C=O) groups excluding carboxylic acids is 2. The van der Waals surface area contributed by atoms with Gasteiger partial charge in [-0.1, -0.05) is 0 Å². The highest BCUT2D eigenvalue weighted by Crippen LogP contribution is 2.10. The smallest absolute Gasteiger partial charge is 0.251 e. The van der Waals surface area contributed by atoms with Crippen molar-refractivity contribution in [3.8, 4) is 0 Å². The van der Waals surface area contributed by atoms with Gasteiger partial charge >= 0.3 is 0 Å². The molecule has 98 valence electrons. The molecule has 3 N–H and O–H groups in total. The van der Waals surface area contributed by atoms with Crippen LogP contribution in [-0.4, -0.2) is 29.1 Å². The fourth-order valence-electron chi connectivity index (χ4n) is 1.33. The van der Waals surface area contributed by atoms with Gasteiger partial charge in [-0.15, -0.1) is 0 Å². The summed E-state index contributed by atoms with van der Waals surface area (Å²) < 4.78 is 0. The first-order chi connectivity index (χ1) is 8.34. The van der Waals surface area contributed by atoms with Gasteiger partial charge in [-0.25, -0.2) is 0 Å². The quantitative estimate of drug-likeness (QED) is 0.750. The Labute approximate surface area is 106 Å². The summed E-state index contributed by atoms with van der Waals surface area (Å²) in [5.74, 6) is -0.419. The summed E-state index contributed by atoms with van der Waals surface area (Å²) in [6.45, 7) is 4.75. The number of carbonyl (C=O) groups is 2. The van der Waals surface area contributed by atoms with Crippen LogP contribution in [0.4, 0.5) is 5.69 Å². The van der Waals surface area contributed by atoms with Crippen molar-refractivity contribution in [2.45, 2.75) is 26.3 Å². The van der Waals surface area contributed by atoms with Crippen LogP contribution in [0.5, 0.6) is 0 Å². The fraction of sp³-hybridized carbons (Fsp3) is 0.385. The van der Waals surface area contributed by atoms with Crippen LogP contribution in [0.15, 0.2) is 24.3 Å². The van der Waals surface area contributed by atoms with Crippen LogP contribution in [-0.2, 0) is 4.79 Å². The summed E-state index contributed by atoms with van der Waals surface area (Å²) in [6, 6.07) is 6.55. The van der Waals surface area contributed by atoms with E-state index in [4.69, 9.17) is 5.11 Å². The van der Waals surface area contributed by atoms with Gasteiger partial charge in [0.05, 0.1) is 12.1 Å². The molecular weight excluding hydrogens is 232 g/mol. The van der Waals surface area contributed by atoms with Crippen molar-refractivity contribution >= 4 is 17.5 Å². The Morgan fingerprint density at radius 2 is 1.78 bits per heavy atom. The summed E-state index contributed by atoms with van der Waals surface area (Å²) in [4.78, 5) is 22.7. The predicted octanol–water partition coefficient (Wildman–Crippen LogP) is 1.15. The van der Waals surface area contributed by atoms with Gasteiger partial charge in [-0.05, 0) is 38.1 Å². The Kier molecular flexibility index (Phi) is 4.44. The summed E-state index contributed by atoms with van der Waals surface area (Å²) in [7, 11) is 0. The molecule has 0 aliphatic heterocycles. The lowest BCUT2D eigenvalue weighted by Gasteiger charge is -2.23. The molecule has 0 saturated heterocycles. The van der Waals surface area contributed by atoms with Gasteiger partial charge in [-0.3, -0.25) is 9.59 Å². The summed E-state index contributed by atoms with van der Waals surface area (Å²) in [5, 5.41) is 14.4. The largest absolute Gasteiger partial charge is 0.394 e. The number of aliphatic hydroxyl groups is 1. The number of anilines is 1. The van der Waals surface area contributed by atoms with Gasteiger partial charge in [0.2, 0.25) is 5.91 Å². The second-order valence-electron chi connectivity index (χ2n) is 4.75. The Balaban J connectivity index is 2.73. The van der Waals surface area contributed by atoms with Gasteiger partial charge in [-0.2, -0.15) is 0 Å². The zero-order chi connectivity index (χ0) is 13.8. The highest BCUT2D eigenvalue weighted by atomic mass is 16.3. The molecule has 0 fully saturated rings. The Morgan fingerprint density at radius 3 is 2.22 bits per heavy atom. The number of hydrogen-bond acceptors (Lipinski definition) is 3. The minimum absolute atomic E-state index is 0.136. The number of rotatable bonds is 4. The average Bonchev–Trinajstić information content (AvgIpc) is 2.28. The van der Waals surface area contributed by atoms with Crippen LogP contribution >= 0.6 is 0 Å². The fourth-order valence-corrected chi connectivity index (χ4v) is 1.33. The molecule has 0 atom stereocenters. The van der Waals surface area contributed by atoms with E-state index in [1.54, 1.807) is 38.1 Å². The van der Waals surface area contributed by atoms with Crippen LogP contribution < -0.4 is 10.6 Å². The Morgan fingerprint density at radius 1 is 1.22 bits per heavy atom. The zero-order valence-electron chi connectivity index (χ0n) is 10.8. The maximum atomic E-state index is 11.8. The molecular formula is C13H18N2O3. The molecule has 0 heterocycles. The highest BCUT2D eigenvalue weighted by molar-refractivity contribution is 5.95. The Bertz CT molecular complexity index is 438.